The lowest BCUT2D eigenvalue weighted by Gasteiger charge is -2.62. The fourth-order valence-electron chi connectivity index (χ4n) is 8.65. The van der Waals surface area contributed by atoms with Crippen LogP contribution in [-0.4, -0.2) is 21.4 Å². The lowest BCUT2D eigenvalue weighted by Crippen LogP contribution is -2.56. The van der Waals surface area contributed by atoms with Gasteiger partial charge in [0.05, 0.1) is 11.7 Å². The van der Waals surface area contributed by atoms with Gasteiger partial charge in [-0.3, -0.25) is 4.79 Å². The van der Waals surface area contributed by atoms with E-state index in [1.165, 1.54) is 37.4 Å². The largest absolute Gasteiger partial charge is 0.393 e. The minimum Gasteiger partial charge on any atom is -0.393 e. The minimum atomic E-state index is -0.809. The molecule has 3 unspecified atom stereocenters. The number of carbonyl (C=O) groups is 1. The number of thioether (sulfide) groups is 1. The van der Waals surface area contributed by atoms with Gasteiger partial charge in [0.25, 0.3) is 0 Å². The van der Waals surface area contributed by atoms with E-state index in [4.69, 9.17) is 0 Å². The van der Waals surface area contributed by atoms with Gasteiger partial charge < -0.3 is 10.2 Å². The molecule has 0 amide bonds. The first-order chi connectivity index (χ1) is 14.7. The van der Waals surface area contributed by atoms with Crippen LogP contribution in [0.25, 0.3) is 0 Å². The average molecular weight is 443 g/mol. The van der Waals surface area contributed by atoms with E-state index in [-0.39, 0.29) is 22.0 Å². The van der Waals surface area contributed by atoms with Gasteiger partial charge in [0.1, 0.15) is 0 Å². The second-order valence-corrected chi connectivity index (χ2v) is 12.9. The van der Waals surface area contributed by atoms with Gasteiger partial charge in [-0.1, -0.05) is 37.7 Å². The number of rotatable bonds is 2. The maximum Gasteiger partial charge on any atom is 0.190 e. The van der Waals surface area contributed by atoms with E-state index in [2.05, 4.69) is 19.9 Å². The van der Waals surface area contributed by atoms with Crippen molar-refractivity contribution in [2.24, 2.45) is 34.5 Å². The molecule has 8 atom stereocenters. The average Bonchev–Trinajstić information content (AvgIpc) is 3.02. The second-order valence-electron chi connectivity index (χ2n) is 11.7. The fraction of sp³-hybridized carbons (Fsp3) is 0.741. The van der Waals surface area contributed by atoms with Crippen molar-refractivity contribution < 1.29 is 15.0 Å². The van der Waals surface area contributed by atoms with Crippen molar-refractivity contribution in [1.29, 1.82) is 0 Å². The Morgan fingerprint density at radius 1 is 1.00 bits per heavy atom. The van der Waals surface area contributed by atoms with E-state index in [0.717, 1.165) is 42.6 Å². The molecule has 4 aliphatic carbocycles. The van der Waals surface area contributed by atoms with Gasteiger partial charge in [-0.25, -0.2) is 0 Å². The number of hydrogen-bond donors (Lipinski definition) is 2. The number of fused-ring (bicyclic) bond motifs is 5. The number of carbonyl (C=O) groups excluding carboxylic acids is 1. The van der Waals surface area contributed by atoms with Crippen LogP contribution in [0.5, 0.6) is 0 Å². The first kappa shape index (κ1) is 22.0. The summed E-state index contributed by atoms with van der Waals surface area (Å²) in [6, 6.07) is 8.06. The highest BCUT2D eigenvalue weighted by atomic mass is 32.2. The SMILES string of the molecule is CC(=O)Sc1cccc(C2(O)CCC3CC[C@@H]4[C@@H](CC[C@]5(C)C(O)CC[C@@H]45)[C@@]3(C)C2)c1. The summed E-state index contributed by atoms with van der Waals surface area (Å²) in [5.41, 5.74) is 0.427. The molecule has 4 saturated carbocycles. The van der Waals surface area contributed by atoms with Crippen LogP contribution in [0.3, 0.4) is 0 Å². The summed E-state index contributed by atoms with van der Waals surface area (Å²) in [4.78, 5) is 12.5. The van der Waals surface area contributed by atoms with Gasteiger partial charge in [0.2, 0.25) is 0 Å². The normalized spacial score (nSPS) is 46.7. The first-order valence-electron chi connectivity index (χ1n) is 12.4. The van der Waals surface area contributed by atoms with Crippen molar-refractivity contribution in [1.82, 2.24) is 0 Å². The van der Waals surface area contributed by atoms with Crippen LogP contribution in [0, 0.1) is 34.5 Å². The quantitative estimate of drug-likeness (QED) is 0.559. The van der Waals surface area contributed by atoms with E-state index in [0.29, 0.717) is 23.7 Å². The van der Waals surface area contributed by atoms with E-state index < -0.39 is 5.60 Å². The molecule has 1 aromatic rings. The number of hydrogen-bond acceptors (Lipinski definition) is 4. The lowest BCUT2D eigenvalue weighted by molar-refractivity contribution is -0.165. The van der Waals surface area contributed by atoms with Crippen LogP contribution in [0.1, 0.15) is 84.1 Å². The zero-order valence-corrected chi connectivity index (χ0v) is 20.1. The van der Waals surface area contributed by atoms with Crippen molar-refractivity contribution >= 4 is 16.9 Å². The molecule has 3 nitrogen and oxygen atoms in total. The molecule has 5 rings (SSSR count). The van der Waals surface area contributed by atoms with Crippen LogP contribution in [0.4, 0.5) is 0 Å². The monoisotopic (exact) mass is 442 g/mol. The van der Waals surface area contributed by atoms with Gasteiger partial charge in [0, 0.05) is 11.8 Å². The Bertz CT molecular complexity index is 870. The Morgan fingerprint density at radius 2 is 1.77 bits per heavy atom. The van der Waals surface area contributed by atoms with Gasteiger partial charge >= 0.3 is 0 Å². The molecule has 0 saturated heterocycles. The Morgan fingerprint density at radius 3 is 2.55 bits per heavy atom. The Labute approximate surface area is 191 Å². The third kappa shape index (κ3) is 3.43. The molecule has 4 heteroatoms. The molecule has 4 fully saturated rings. The molecule has 0 heterocycles. The van der Waals surface area contributed by atoms with Gasteiger partial charge in [-0.15, -0.1) is 0 Å². The Balaban J connectivity index is 1.44. The summed E-state index contributed by atoms with van der Waals surface area (Å²) >= 11 is 1.25. The Hall–Kier alpha value is -0.840. The van der Waals surface area contributed by atoms with E-state index in [1.807, 2.05) is 18.2 Å². The highest BCUT2D eigenvalue weighted by molar-refractivity contribution is 8.13. The third-order valence-corrected chi connectivity index (χ3v) is 11.0. The molecule has 0 bridgehead atoms. The molecular weight excluding hydrogens is 404 g/mol. The van der Waals surface area contributed by atoms with E-state index in [9.17, 15) is 15.0 Å². The summed E-state index contributed by atoms with van der Waals surface area (Å²) in [7, 11) is 0. The minimum absolute atomic E-state index is 0.0823. The third-order valence-electron chi connectivity index (χ3n) is 10.2. The highest BCUT2D eigenvalue weighted by Crippen LogP contribution is 2.67. The smallest absolute Gasteiger partial charge is 0.190 e. The van der Waals surface area contributed by atoms with Crippen molar-refractivity contribution in [3.63, 3.8) is 0 Å². The number of aliphatic hydroxyl groups excluding tert-OH is 1. The van der Waals surface area contributed by atoms with Crippen molar-refractivity contribution in [2.45, 2.75) is 95.2 Å². The van der Waals surface area contributed by atoms with Crippen molar-refractivity contribution in [3.05, 3.63) is 29.8 Å². The van der Waals surface area contributed by atoms with E-state index in [1.54, 1.807) is 6.92 Å². The molecule has 4 aliphatic rings. The summed E-state index contributed by atoms with van der Waals surface area (Å²) in [6.45, 7) is 6.41. The second kappa shape index (κ2) is 7.60. The van der Waals surface area contributed by atoms with Crippen LogP contribution in [-0.2, 0) is 10.4 Å². The van der Waals surface area contributed by atoms with E-state index >= 15 is 0 Å². The molecule has 0 aromatic heterocycles. The summed E-state index contributed by atoms with van der Waals surface area (Å²) in [5.74, 6) is 2.68. The summed E-state index contributed by atoms with van der Waals surface area (Å²) in [5, 5.41) is 22.7. The molecule has 0 radical (unpaired) electrons. The topological polar surface area (TPSA) is 57.5 Å². The van der Waals surface area contributed by atoms with Crippen LogP contribution < -0.4 is 0 Å². The molecule has 0 spiro atoms. The predicted molar refractivity (Wildman–Crippen MR) is 125 cm³/mol. The molecule has 170 valence electrons. The lowest BCUT2D eigenvalue weighted by atomic mass is 9.43. The summed E-state index contributed by atoms with van der Waals surface area (Å²) in [6.07, 6.45) is 9.65. The molecule has 1 aromatic carbocycles. The van der Waals surface area contributed by atoms with Gasteiger partial charge in [0.15, 0.2) is 5.12 Å². The number of aliphatic hydroxyl groups is 2. The van der Waals surface area contributed by atoms with Crippen LogP contribution in [0.2, 0.25) is 0 Å². The van der Waals surface area contributed by atoms with Gasteiger partial charge in [-0.05, 0) is 110 Å². The predicted octanol–water partition coefficient (Wildman–Crippen LogP) is 5.92. The fourth-order valence-corrected chi connectivity index (χ4v) is 9.31. The molecular formula is C27H38O3S. The maximum atomic E-state index is 11.9. The maximum absolute atomic E-state index is 11.9. The van der Waals surface area contributed by atoms with Crippen LogP contribution in [0.15, 0.2) is 29.2 Å². The number of benzene rings is 1. The van der Waals surface area contributed by atoms with Gasteiger partial charge in [-0.2, -0.15) is 0 Å². The Kier molecular flexibility index (Phi) is 5.39. The zero-order chi connectivity index (χ0) is 22.0. The standard InChI is InChI=1S/C27H38O3S/c1-17(28)31-20-6-4-5-19(15-20)27(30)14-11-18-7-8-21-22-9-10-24(29)25(22,2)13-12-23(21)26(18,3)16-27/h4-6,15,18,21-24,29-30H,7-14,16H2,1-3H3/t18?,21-,22-,23+,24?,25-,26-,27?/m0/s1. The van der Waals surface area contributed by atoms with Crippen molar-refractivity contribution in [2.75, 3.05) is 0 Å². The first-order valence-corrected chi connectivity index (χ1v) is 13.2. The molecule has 0 aliphatic heterocycles. The molecule has 31 heavy (non-hydrogen) atoms. The summed E-state index contributed by atoms with van der Waals surface area (Å²) < 4.78 is 0. The zero-order valence-electron chi connectivity index (χ0n) is 19.3. The molecule has 2 N–H and O–H groups in total. The van der Waals surface area contributed by atoms with Crippen LogP contribution >= 0.6 is 11.8 Å². The highest BCUT2D eigenvalue weighted by Gasteiger charge is 2.61. The van der Waals surface area contributed by atoms with Crippen molar-refractivity contribution in [3.8, 4) is 0 Å².